The first-order valence-electron chi connectivity index (χ1n) is 5.39. The van der Waals surface area contributed by atoms with Crippen LogP contribution in [0.5, 0.6) is 0 Å². The van der Waals surface area contributed by atoms with E-state index in [0.717, 1.165) is 11.4 Å². The van der Waals surface area contributed by atoms with Gasteiger partial charge in [0.05, 0.1) is 6.20 Å². The Labute approximate surface area is 99.9 Å². The van der Waals surface area contributed by atoms with Crippen LogP contribution < -0.4 is 4.90 Å². The van der Waals surface area contributed by atoms with Crippen LogP contribution in [0, 0.1) is 12.7 Å². The Hall–Kier alpha value is -1.97. The van der Waals surface area contributed by atoms with E-state index >= 15 is 0 Å². The van der Waals surface area contributed by atoms with Crippen molar-refractivity contribution in [3.63, 3.8) is 0 Å². The normalized spacial score (nSPS) is 10.3. The van der Waals surface area contributed by atoms with Gasteiger partial charge in [-0.15, -0.1) is 0 Å². The quantitative estimate of drug-likeness (QED) is 0.813. The number of aromatic nitrogens is 2. The molecule has 2 aromatic rings. The molecule has 1 aromatic heterocycles. The Bertz CT molecular complexity index is 499. The minimum atomic E-state index is -0.171. The number of hydrogen-bond donors (Lipinski definition) is 0. The van der Waals surface area contributed by atoms with E-state index in [2.05, 4.69) is 9.97 Å². The third-order valence-electron chi connectivity index (χ3n) is 2.60. The van der Waals surface area contributed by atoms with Gasteiger partial charge in [-0.25, -0.2) is 9.37 Å². The van der Waals surface area contributed by atoms with E-state index in [0.29, 0.717) is 12.1 Å². The van der Waals surface area contributed by atoms with E-state index in [9.17, 15) is 4.39 Å². The molecule has 0 saturated carbocycles. The lowest BCUT2D eigenvalue weighted by Crippen LogP contribution is -2.17. The van der Waals surface area contributed by atoms with Gasteiger partial charge in [-0.2, -0.15) is 0 Å². The fourth-order valence-corrected chi connectivity index (χ4v) is 1.58. The predicted octanol–water partition coefficient (Wildman–Crippen LogP) is 2.56. The predicted molar refractivity (Wildman–Crippen MR) is 65.3 cm³/mol. The van der Waals surface area contributed by atoms with Crippen molar-refractivity contribution < 1.29 is 4.39 Å². The molecule has 0 N–H and O–H groups in total. The molecular weight excluding hydrogens is 217 g/mol. The summed E-state index contributed by atoms with van der Waals surface area (Å²) in [4.78, 5) is 10.1. The van der Waals surface area contributed by atoms with E-state index in [1.54, 1.807) is 37.6 Å². The summed E-state index contributed by atoms with van der Waals surface area (Å²) < 4.78 is 13.4. The van der Waals surface area contributed by atoms with Crippen molar-refractivity contribution in [1.82, 2.24) is 9.97 Å². The molecule has 88 valence electrons. The topological polar surface area (TPSA) is 29.0 Å². The van der Waals surface area contributed by atoms with Gasteiger partial charge in [0.1, 0.15) is 11.6 Å². The third-order valence-corrected chi connectivity index (χ3v) is 2.60. The van der Waals surface area contributed by atoms with Gasteiger partial charge < -0.3 is 4.90 Å². The second-order valence-electron chi connectivity index (χ2n) is 4.00. The average Bonchev–Trinajstić information content (AvgIpc) is 2.35. The molecule has 1 heterocycles. The Balaban J connectivity index is 2.13. The maximum atomic E-state index is 13.4. The van der Waals surface area contributed by atoms with Crippen LogP contribution in [0.2, 0.25) is 0 Å². The van der Waals surface area contributed by atoms with Crippen LogP contribution in [0.4, 0.5) is 10.2 Å². The molecule has 0 aliphatic heterocycles. The molecule has 4 heteroatoms. The number of nitrogens with zero attached hydrogens (tertiary/aromatic N) is 3. The largest absolute Gasteiger partial charge is 0.354 e. The van der Waals surface area contributed by atoms with Crippen molar-refractivity contribution in [2.75, 3.05) is 11.9 Å². The SMILES string of the molecule is Cc1ccc(CN(C)c2cnccn2)cc1F. The summed E-state index contributed by atoms with van der Waals surface area (Å²) >= 11 is 0. The van der Waals surface area contributed by atoms with Gasteiger partial charge in [0.15, 0.2) is 0 Å². The molecule has 0 aliphatic carbocycles. The van der Waals surface area contributed by atoms with E-state index in [1.807, 2.05) is 18.0 Å². The van der Waals surface area contributed by atoms with Gasteiger partial charge >= 0.3 is 0 Å². The monoisotopic (exact) mass is 231 g/mol. The fourth-order valence-electron chi connectivity index (χ4n) is 1.58. The molecule has 3 nitrogen and oxygen atoms in total. The van der Waals surface area contributed by atoms with Crippen molar-refractivity contribution in [2.45, 2.75) is 13.5 Å². The maximum absolute atomic E-state index is 13.4. The molecule has 0 bridgehead atoms. The number of halogens is 1. The molecule has 0 fully saturated rings. The molecule has 0 atom stereocenters. The number of hydrogen-bond acceptors (Lipinski definition) is 3. The van der Waals surface area contributed by atoms with Crippen molar-refractivity contribution in [3.05, 3.63) is 53.7 Å². The van der Waals surface area contributed by atoms with Crippen LogP contribution in [0.1, 0.15) is 11.1 Å². The number of anilines is 1. The highest BCUT2D eigenvalue weighted by Gasteiger charge is 2.05. The van der Waals surface area contributed by atoms with Crippen molar-refractivity contribution in [1.29, 1.82) is 0 Å². The van der Waals surface area contributed by atoms with E-state index in [1.165, 1.54) is 0 Å². The maximum Gasteiger partial charge on any atom is 0.147 e. The number of rotatable bonds is 3. The molecule has 0 aliphatic rings. The second-order valence-corrected chi connectivity index (χ2v) is 4.00. The number of benzene rings is 1. The summed E-state index contributed by atoms with van der Waals surface area (Å²) in [6.07, 6.45) is 4.95. The van der Waals surface area contributed by atoms with Crippen molar-refractivity contribution in [2.24, 2.45) is 0 Å². The molecule has 17 heavy (non-hydrogen) atoms. The average molecular weight is 231 g/mol. The van der Waals surface area contributed by atoms with Crippen LogP contribution in [-0.2, 0) is 6.54 Å². The van der Waals surface area contributed by atoms with Gasteiger partial charge in [-0.1, -0.05) is 12.1 Å². The summed E-state index contributed by atoms with van der Waals surface area (Å²) in [5.74, 6) is 0.600. The Morgan fingerprint density at radius 1 is 1.29 bits per heavy atom. The van der Waals surface area contributed by atoms with Gasteiger partial charge in [-0.05, 0) is 24.1 Å². The van der Waals surface area contributed by atoms with Crippen molar-refractivity contribution in [3.8, 4) is 0 Å². The first-order chi connectivity index (χ1) is 8.16. The Morgan fingerprint density at radius 3 is 2.76 bits per heavy atom. The smallest absolute Gasteiger partial charge is 0.147 e. The first kappa shape index (κ1) is 11.5. The zero-order valence-electron chi connectivity index (χ0n) is 9.89. The van der Waals surface area contributed by atoms with Crippen molar-refractivity contribution >= 4 is 5.82 Å². The lowest BCUT2D eigenvalue weighted by molar-refractivity contribution is 0.615. The van der Waals surface area contributed by atoms with E-state index < -0.39 is 0 Å². The second kappa shape index (κ2) is 4.91. The van der Waals surface area contributed by atoms with E-state index in [-0.39, 0.29) is 5.82 Å². The molecule has 1 aromatic carbocycles. The molecule has 0 radical (unpaired) electrons. The van der Waals surface area contributed by atoms with E-state index in [4.69, 9.17) is 0 Å². The standard InChI is InChI=1S/C13H14FN3/c1-10-3-4-11(7-12(10)14)9-17(2)13-8-15-5-6-16-13/h3-8H,9H2,1-2H3. The summed E-state index contributed by atoms with van der Waals surface area (Å²) in [5.41, 5.74) is 1.58. The third kappa shape index (κ3) is 2.78. The van der Waals surface area contributed by atoms with Crippen LogP contribution in [0.15, 0.2) is 36.8 Å². The minimum Gasteiger partial charge on any atom is -0.354 e. The number of aryl methyl sites for hydroxylation is 1. The van der Waals surface area contributed by atoms with Crippen LogP contribution in [-0.4, -0.2) is 17.0 Å². The summed E-state index contributed by atoms with van der Waals surface area (Å²) in [5, 5.41) is 0. The van der Waals surface area contributed by atoms with Crippen LogP contribution >= 0.6 is 0 Å². The lowest BCUT2D eigenvalue weighted by atomic mass is 10.1. The molecule has 2 rings (SSSR count). The van der Waals surface area contributed by atoms with Gasteiger partial charge in [0.2, 0.25) is 0 Å². The summed E-state index contributed by atoms with van der Waals surface area (Å²) in [7, 11) is 1.90. The van der Waals surface area contributed by atoms with Gasteiger partial charge in [0, 0.05) is 26.0 Å². The molecule has 0 saturated heterocycles. The first-order valence-corrected chi connectivity index (χ1v) is 5.39. The highest BCUT2D eigenvalue weighted by molar-refractivity contribution is 5.36. The molecule has 0 unspecified atom stereocenters. The zero-order valence-corrected chi connectivity index (χ0v) is 9.89. The summed E-state index contributed by atoms with van der Waals surface area (Å²) in [6.45, 7) is 2.36. The molecule has 0 spiro atoms. The Kier molecular flexibility index (Phi) is 3.32. The minimum absolute atomic E-state index is 0.171. The zero-order chi connectivity index (χ0) is 12.3. The van der Waals surface area contributed by atoms with Gasteiger partial charge in [0.25, 0.3) is 0 Å². The lowest BCUT2D eigenvalue weighted by Gasteiger charge is -2.17. The van der Waals surface area contributed by atoms with Gasteiger partial charge in [-0.3, -0.25) is 4.98 Å². The molecular formula is C13H14FN3. The highest BCUT2D eigenvalue weighted by Crippen LogP contribution is 2.13. The van der Waals surface area contributed by atoms with Crippen LogP contribution in [0.3, 0.4) is 0 Å². The van der Waals surface area contributed by atoms with Crippen LogP contribution in [0.25, 0.3) is 0 Å². The molecule has 0 amide bonds. The highest BCUT2D eigenvalue weighted by atomic mass is 19.1. The fraction of sp³-hybridized carbons (Fsp3) is 0.231. The Morgan fingerprint density at radius 2 is 2.12 bits per heavy atom. The summed E-state index contributed by atoms with van der Waals surface area (Å²) in [6, 6.07) is 5.27.